The van der Waals surface area contributed by atoms with E-state index in [0.717, 1.165) is 85.9 Å². The minimum absolute atomic E-state index is 0.172. The van der Waals surface area contributed by atoms with Crippen molar-refractivity contribution in [3.63, 3.8) is 0 Å². The van der Waals surface area contributed by atoms with Gasteiger partial charge < -0.3 is 10.2 Å². The summed E-state index contributed by atoms with van der Waals surface area (Å²) < 4.78 is 0. The molecule has 6 rings (SSSR count). The summed E-state index contributed by atoms with van der Waals surface area (Å²) in [5, 5.41) is 20.0. The van der Waals surface area contributed by atoms with Gasteiger partial charge in [-0.3, -0.25) is 0 Å². The summed E-state index contributed by atoms with van der Waals surface area (Å²) in [7, 11) is 0. The van der Waals surface area contributed by atoms with Gasteiger partial charge in [-0.25, -0.2) is 0 Å². The minimum Gasteiger partial charge on any atom is -0.393 e. The monoisotopic (exact) mass is 769 g/mol. The molecule has 0 aromatic heterocycles. The van der Waals surface area contributed by atoms with E-state index in [-0.39, 0.29) is 12.2 Å². The number of rotatable bonds is 12. The molecule has 9 unspecified atom stereocenters. The predicted octanol–water partition coefficient (Wildman–Crippen LogP) is 15.2. The van der Waals surface area contributed by atoms with E-state index >= 15 is 0 Å². The van der Waals surface area contributed by atoms with E-state index in [1.165, 1.54) is 125 Å². The van der Waals surface area contributed by atoms with Gasteiger partial charge in [-0.1, -0.05) is 154 Å². The molecule has 6 aliphatic rings. The quantitative estimate of drug-likeness (QED) is 0.208. The zero-order chi connectivity index (χ0) is 40.6. The Bertz CT molecular complexity index is 1330. The highest BCUT2D eigenvalue weighted by atomic mass is 16.3. The largest absolute Gasteiger partial charge is 0.393 e. The number of aliphatic hydroxyl groups excluding tert-OH is 2. The van der Waals surface area contributed by atoms with E-state index in [9.17, 15) is 10.2 Å². The number of allylic oxidation sites excluding steroid dienone is 8. The molecule has 0 aliphatic heterocycles. The molecule has 0 aromatic carbocycles. The highest BCUT2D eigenvalue weighted by molar-refractivity contribution is 5.37. The van der Waals surface area contributed by atoms with E-state index in [4.69, 9.17) is 0 Å². The van der Waals surface area contributed by atoms with Gasteiger partial charge in [0.15, 0.2) is 0 Å². The molecule has 0 aromatic rings. The molecule has 0 saturated heterocycles. The summed E-state index contributed by atoms with van der Waals surface area (Å²) in [5.74, 6) is 6.74. The fraction of sp³-hybridized carbons (Fsp3) is 0.778. The van der Waals surface area contributed by atoms with E-state index in [1.54, 1.807) is 11.1 Å². The van der Waals surface area contributed by atoms with E-state index in [1.807, 2.05) is 0 Å². The van der Waals surface area contributed by atoms with Gasteiger partial charge >= 0.3 is 0 Å². The van der Waals surface area contributed by atoms with Crippen LogP contribution >= 0.6 is 0 Å². The first-order valence-corrected chi connectivity index (χ1v) is 24.1. The van der Waals surface area contributed by atoms with Crippen LogP contribution in [0.3, 0.4) is 0 Å². The van der Waals surface area contributed by atoms with Gasteiger partial charge in [0, 0.05) is 0 Å². The van der Waals surface area contributed by atoms with Gasteiger partial charge in [-0.05, 0) is 172 Å². The Morgan fingerprint density at radius 2 is 0.946 bits per heavy atom. The van der Waals surface area contributed by atoms with Crippen LogP contribution in [-0.2, 0) is 0 Å². The Morgan fingerprint density at radius 1 is 0.554 bits per heavy atom. The standard InChI is InChI=1S/2C27H44O/c2*1-19(2)8-6-9-21(4)25-15-16-26-22(10-7-17-27(25,26)5)12-13-23-18-24(28)14-11-20(23)3/h2*12-13,19,21,24-26,28H,3,6-11,14-18H2,1-2,4-5H3/b22-12+,23-13+;22-12+,23-13-/t;21?,24-,25?,26?,27?/m.0/s1. The Balaban J connectivity index is 0.000000214. The van der Waals surface area contributed by atoms with E-state index in [0.29, 0.717) is 10.8 Å². The first-order valence-electron chi connectivity index (χ1n) is 24.1. The Morgan fingerprint density at radius 3 is 1.32 bits per heavy atom. The third-order valence-corrected chi connectivity index (χ3v) is 16.7. The lowest BCUT2D eigenvalue weighted by Crippen LogP contribution is -2.36. The topological polar surface area (TPSA) is 40.5 Å². The maximum atomic E-state index is 10.0. The van der Waals surface area contributed by atoms with Crippen LogP contribution < -0.4 is 0 Å². The molecule has 2 N–H and O–H groups in total. The molecule has 6 saturated carbocycles. The SMILES string of the molecule is C=C1CCC(O)C/C1=C\C=C1/CCCC2(C)C1CCC2C(C)CCCC(C)C.C=C1CC[C@H](O)C/C1=C/C=C1\CCCC2(C)C1CCC2C(C)CCCC(C)C. The van der Waals surface area contributed by atoms with Crippen molar-refractivity contribution >= 4 is 0 Å². The molecule has 0 radical (unpaired) electrons. The summed E-state index contributed by atoms with van der Waals surface area (Å²) in [5.41, 5.74) is 9.43. The lowest BCUT2D eigenvalue weighted by Gasteiger charge is -2.44. The molecule has 56 heavy (non-hydrogen) atoms. The van der Waals surface area contributed by atoms with E-state index < -0.39 is 0 Å². The maximum Gasteiger partial charge on any atom is 0.0583 e. The Kier molecular flexibility index (Phi) is 16.7. The maximum absolute atomic E-state index is 10.0. The lowest BCUT2D eigenvalue weighted by atomic mass is 9.60. The van der Waals surface area contributed by atoms with E-state index in [2.05, 4.69) is 92.9 Å². The van der Waals surface area contributed by atoms with Crippen LogP contribution in [0.2, 0.25) is 0 Å². The second-order valence-electron chi connectivity index (χ2n) is 21.7. The molecular formula is C54H88O2. The van der Waals surface area contributed by atoms with Crippen molar-refractivity contribution in [2.75, 3.05) is 0 Å². The average molecular weight is 769 g/mol. The lowest BCUT2D eigenvalue weighted by molar-refractivity contribution is 0.0928. The van der Waals surface area contributed by atoms with Crippen LogP contribution in [0.15, 0.2) is 70.9 Å². The van der Waals surface area contributed by atoms with Crippen molar-refractivity contribution in [2.45, 2.75) is 209 Å². The number of fused-ring (bicyclic) bond motifs is 2. The normalized spacial score (nSPS) is 37.6. The highest BCUT2D eigenvalue weighted by Crippen LogP contribution is 2.61. The van der Waals surface area contributed by atoms with Crippen LogP contribution in [0.5, 0.6) is 0 Å². The molecule has 6 fully saturated rings. The second-order valence-corrected chi connectivity index (χ2v) is 21.7. The highest BCUT2D eigenvalue weighted by Gasteiger charge is 2.51. The van der Waals surface area contributed by atoms with Crippen LogP contribution in [0, 0.1) is 58.2 Å². The van der Waals surface area contributed by atoms with Crippen LogP contribution in [-0.4, -0.2) is 22.4 Å². The molecule has 6 aliphatic carbocycles. The summed E-state index contributed by atoms with van der Waals surface area (Å²) >= 11 is 0. The molecule has 0 heterocycles. The Hall–Kier alpha value is -1.64. The van der Waals surface area contributed by atoms with Crippen molar-refractivity contribution in [2.24, 2.45) is 58.2 Å². The number of aliphatic hydroxyl groups is 2. The second kappa shape index (κ2) is 20.6. The fourth-order valence-electron chi connectivity index (χ4n) is 13.3. The van der Waals surface area contributed by atoms with Crippen molar-refractivity contribution in [1.29, 1.82) is 0 Å². The Labute approximate surface area is 347 Å². The van der Waals surface area contributed by atoms with Gasteiger partial charge in [0.05, 0.1) is 12.2 Å². The van der Waals surface area contributed by atoms with Gasteiger partial charge in [-0.2, -0.15) is 0 Å². The summed E-state index contributed by atoms with van der Waals surface area (Å²) in [4.78, 5) is 0. The molecule has 0 spiro atoms. The van der Waals surface area contributed by atoms with Crippen molar-refractivity contribution in [1.82, 2.24) is 0 Å². The summed E-state index contributed by atoms with van der Waals surface area (Å²) in [6.07, 6.45) is 36.4. The fourth-order valence-corrected chi connectivity index (χ4v) is 13.3. The van der Waals surface area contributed by atoms with Crippen molar-refractivity contribution in [3.05, 3.63) is 70.9 Å². The third-order valence-electron chi connectivity index (χ3n) is 16.7. The van der Waals surface area contributed by atoms with Crippen molar-refractivity contribution < 1.29 is 10.2 Å². The third kappa shape index (κ3) is 11.3. The first-order chi connectivity index (χ1) is 26.6. The van der Waals surface area contributed by atoms with Gasteiger partial charge in [0.1, 0.15) is 0 Å². The average Bonchev–Trinajstić information content (AvgIpc) is 3.69. The van der Waals surface area contributed by atoms with Crippen molar-refractivity contribution in [3.8, 4) is 0 Å². The summed E-state index contributed by atoms with van der Waals surface area (Å²) in [6, 6.07) is 0. The zero-order valence-electron chi connectivity index (χ0n) is 37.9. The molecule has 316 valence electrons. The molecule has 2 heteroatoms. The predicted molar refractivity (Wildman–Crippen MR) is 242 cm³/mol. The summed E-state index contributed by atoms with van der Waals surface area (Å²) in [6.45, 7) is 28.2. The molecule has 0 bridgehead atoms. The van der Waals surface area contributed by atoms with Crippen LogP contribution in [0.4, 0.5) is 0 Å². The zero-order valence-corrected chi connectivity index (χ0v) is 37.9. The smallest absolute Gasteiger partial charge is 0.0583 e. The minimum atomic E-state index is -0.172. The molecular weight excluding hydrogens is 681 g/mol. The van der Waals surface area contributed by atoms with Gasteiger partial charge in [-0.15, -0.1) is 0 Å². The molecule has 0 amide bonds. The van der Waals surface area contributed by atoms with Gasteiger partial charge in [0.2, 0.25) is 0 Å². The first kappa shape index (κ1) is 45.4. The van der Waals surface area contributed by atoms with Gasteiger partial charge in [0.25, 0.3) is 0 Å². The molecule has 2 nitrogen and oxygen atoms in total. The van der Waals surface area contributed by atoms with Crippen LogP contribution in [0.1, 0.15) is 197 Å². The van der Waals surface area contributed by atoms with Crippen LogP contribution in [0.25, 0.3) is 0 Å². The number of hydrogen-bond donors (Lipinski definition) is 2. The number of hydrogen-bond acceptors (Lipinski definition) is 2. The molecule has 10 atom stereocenters.